The van der Waals surface area contributed by atoms with Crippen LogP contribution in [0.4, 0.5) is 0 Å². The zero-order chi connectivity index (χ0) is 20.3. The first-order valence-electron chi connectivity index (χ1n) is 13.3. The molecule has 8 saturated carbocycles. The molecule has 8 bridgehead atoms. The van der Waals surface area contributed by atoms with E-state index in [9.17, 15) is 0 Å². The minimum absolute atomic E-state index is 0.189. The fourth-order valence-electron chi connectivity index (χ4n) is 10.8. The van der Waals surface area contributed by atoms with E-state index in [1.807, 2.05) is 23.8 Å². The van der Waals surface area contributed by atoms with E-state index < -0.39 is 0 Å². The number of methoxy groups -OCH3 is 1. The summed E-state index contributed by atoms with van der Waals surface area (Å²) in [4.78, 5) is 0. The number of rotatable bonds is 2. The van der Waals surface area contributed by atoms with Crippen molar-refractivity contribution in [1.29, 1.82) is 0 Å². The molecule has 0 N–H and O–H groups in total. The second-order valence-electron chi connectivity index (χ2n) is 12.6. The van der Waals surface area contributed by atoms with Crippen LogP contribution in [0.15, 0.2) is 47.1 Å². The van der Waals surface area contributed by atoms with Gasteiger partial charge in [-0.15, -0.1) is 0 Å². The molecule has 162 valence electrons. The van der Waals surface area contributed by atoms with E-state index in [0.717, 1.165) is 41.4 Å². The minimum atomic E-state index is 0.189. The van der Waals surface area contributed by atoms with Crippen LogP contribution >= 0.6 is 0 Å². The molecule has 2 unspecified atom stereocenters. The molecule has 0 heterocycles. The second kappa shape index (κ2) is 6.16. The summed E-state index contributed by atoms with van der Waals surface area (Å²) in [5.74, 6) is 6.34. The minimum Gasteiger partial charge on any atom is -0.380 e. The van der Waals surface area contributed by atoms with Crippen molar-refractivity contribution in [3.8, 4) is 0 Å². The highest BCUT2D eigenvalue weighted by Gasteiger charge is 2.63. The molecule has 0 radical (unpaired) electrons. The summed E-state index contributed by atoms with van der Waals surface area (Å²) >= 11 is 0. The van der Waals surface area contributed by atoms with Crippen LogP contribution in [-0.4, -0.2) is 13.2 Å². The van der Waals surface area contributed by atoms with Crippen LogP contribution in [0.5, 0.6) is 0 Å². The Morgan fingerprint density at radius 1 is 0.677 bits per heavy atom. The maximum absolute atomic E-state index is 6.53. The van der Waals surface area contributed by atoms with E-state index in [1.54, 1.807) is 5.57 Å². The van der Waals surface area contributed by atoms with Gasteiger partial charge in [0.05, 0.1) is 6.10 Å². The van der Waals surface area contributed by atoms with Gasteiger partial charge in [-0.25, -0.2) is 0 Å². The molecule has 9 aliphatic rings. The SMILES string of the molecule is CO[C@@H]1C[C@@H]2C[C@H]3C[C@@H](C2)C2=C4C(=C(c5ccccc5)[C@]21C3)C1C[C@@H]2CC4C[C@H](C1)C2. The molecule has 0 saturated heterocycles. The van der Waals surface area contributed by atoms with Crippen molar-refractivity contribution in [2.24, 2.45) is 46.8 Å². The van der Waals surface area contributed by atoms with Crippen molar-refractivity contribution in [2.45, 2.75) is 70.3 Å². The Morgan fingerprint density at radius 2 is 1.29 bits per heavy atom. The van der Waals surface area contributed by atoms with Crippen LogP contribution in [0, 0.1) is 46.8 Å². The summed E-state index contributed by atoms with van der Waals surface area (Å²) in [7, 11) is 2.03. The molecule has 9 atom stereocenters. The van der Waals surface area contributed by atoms with Gasteiger partial charge in [0, 0.05) is 12.5 Å². The molecule has 0 aliphatic heterocycles. The van der Waals surface area contributed by atoms with Gasteiger partial charge in [-0.1, -0.05) is 35.9 Å². The highest BCUT2D eigenvalue weighted by Crippen LogP contribution is 2.73. The van der Waals surface area contributed by atoms with Gasteiger partial charge < -0.3 is 4.74 Å². The zero-order valence-corrected chi connectivity index (χ0v) is 19.0. The molecule has 1 heteroatoms. The molecular formula is C30H36O. The van der Waals surface area contributed by atoms with Crippen LogP contribution < -0.4 is 0 Å². The molecule has 10 rings (SSSR count). The van der Waals surface area contributed by atoms with Crippen LogP contribution in [0.3, 0.4) is 0 Å². The average molecular weight is 413 g/mol. The number of benzene rings is 1. The molecule has 1 spiro atoms. The topological polar surface area (TPSA) is 9.23 Å². The van der Waals surface area contributed by atoms with E-state index in [2.05, 4.69) is 30.3 Å². The van der Waals surface area contributed by atoms with Gasteiger partial charge >= 0.3 is 0 Å². The standard InChI is InChI=1S/C30H36O/c1-31-25-15-19-8-20-14-24(13-19)29-27-23-11-17-7-18(12-23)10-22(9-17)26(27)28(30(25,29)16-20)21-5-3-2-4-6-21/h2-6,17-20,22-25H,7-16H2,1H3/t17-,18+,19-,20+,22?,23?,24-,25-,30-/m1/s1. The Bertz CT molecular complexity index is 986. The number of fused-ring (bicyclic) bond motifs is 1. The van der Waals surface area contributed by atoms with Crippen molar-refractivity contribution >= 4 is 5.57 Å². The normalized spacial score (nSPS) is 48.8. The quantitative estimate of drug-likeness (QED) is 0.506. The molecule has 31 heavy (non-hydrogen) atoms. The lowest BCUT2D eigenvalue weighted by molar-refractivity contribution is 0.0194. The third kappa shape index (κ3) is 2.23. The van der Waals surface area contributed by atoms with E-state index in [4.69, 9.17) is 4.74 Å². The van der Waals surface area contributed by atoms with Gasteiger partial charge in [0.25, 0.3) is 0 Å². The Kier molecular flexibility index (Phi) is 3.60. The van der Waals surface area contributed by atoms with Gasteiger partial charge in [0.2, 0.25) is 0 Å². The monoisotopic (exact) mass is 412 g/mol. The molecule has 1 aromatic rings. The van der Waals surface area contributed by atoms with E-state index in [-0.39, 0.29) is 5.41 Å². The van der Waals surface area contributed by atoms with Crippen LogP contribution in [0.1, 0.15) is 69.8 Å². The van der Waals surface area contributed by atoms with Crippen LogP contribution in [0.2, 0.25) is 0 Å². The summed E-state index contributed by atoms with van der Waals surface area (Å²) in [5.41, 5.74) is 9.26. The first-order valence-corrected chi connectivity index (χ1v) is 13.3. The summed E-state index contributed by atoms with van der Waals surface area (Å²) in [5, 5.41) is 0. The molecule has 0 amide bonds. The third-order valence-corrected chi connectivity index (χ3v) is 11.1. The van der Waals surface area contributed by atoms with Gasteiger partial charge in [0.1, 0.15) is 0 Å². The fourth-order valence-corrected chi connectivity index (χ4v) is 10.8. The maximum Gasteiger partial charge on any atom is 0.0708 e. The maximum atomic E-state index is 6.53. The number of ether oxygens (including phenoxy) is 1. The molecule has 1 nitrogen and oxygen atoms in total. The van der Waals surface area contributed by atoms with E-state index in [1.165, 1.54) is 69.8 Å². The Labute approximate surface area is 187 Å². The summed E-state index contributed by atoms with van der Waals surface area (Å²) in [6.45, 7) is 0. The van der Waals surface area contributed by atoms with Gasteiger partial charge in [-0.2, -0.15) is 0 Å². The van der Waals surface area contributed by atoms with Gasteiger partial charge in [0.15, 0.2) is 0 Å². The average Bonchev–Trinajstić information content (AvgIpc) is 2.85. The smallest absolute Gasteiger partial charge is 0.0708 e. The number of hydrogen-bond acceptors (Lipinski definition) is 1. The van der Waals surface area contributed by atoms with Crippen LogP contribution in [0.25, 0.3) is 5.57 Å². The van der Waals surface area contributed by atoms with E-state index >= 15 is 0 Å². The van der Waals surface area contributed by atoms with Crippen molar-refractivity contribution < 1.29 is 4.74 Å². The zero-order valence-electron chi connectivity index (χ0n) is 19.0. The Balaban J connectivity index is 1.47. The third-order valence-electron chi connectivity index (χ3n) is 11.1. The highest BCUT2D eigenvalue weighted by atomic mass is 16.5. The predicted molar refractivity (Wildman–Crippen MR) is 124 cm³/mol. The van der Waals surface area contributed by atoms with Crippen molar-refractivity contribution in [3.05, 3.63) is 52.6 Å². The largest absolute Gasteiger partial charge is 0.380 e. The highest BCUT2D eigenvalue weighted by molar-refractivity contribution is 5.86. The predicted octanol–water partition coefficient (Wildman–Crippen LogP) is 7.05. The summed E-state index contributed by atoms with van der Waals surface area (Å²) in [6.07, 6.45) is 14.9. The lowest BCUT2D eigenvalue weighted by atomic mass is 9.55. The molecule has 8 fully saturated rings. The van der Waals surface area contributed by atoms with Crippen molar-refractivity contribution in [1.82, 2.24) is 0 Å². The molecule has 1 aromatic carbocycles. The number of allylic oxidation sites excluding steroid dienone is 2. The van der Waals surface area contributed by atoms with Gasteiger partial charge in [-0.05, 0) is 128 Å². The van der Waals surface area contributed by atoms with Crippen molar-refractivity contribution in [3.63, 3.8) is 0 Å². The molecule has 0 aromatic heterocycles. The van der Waals surface area contributed by atoms with E-state index in [0.29, 0.717) is 6.10 Å². The first-order chi connectivity index (χ1) is 15.2. The summed E-state index contributed by atoms with van der Waals surface area (Å²) in [6, 6.07) is 11.7. The fraction of sp³-hybridized carbons (Fsp3) is 0.667. The molecular weight excluding hydrogens is 376 g/mol. The number of hydrogen-bond donors (Lipinski definition) is 0. The van der Waals surface area contributed by atoms with Crippen LogP contribution in [-0.2, 0) is 4.74 Å². The second-order valence-corrected chi connectivity index (χ2v) is 12.6. The van der Waals surface area contributed by atoms with Gasteiger partial charge in [-0.3, -0.25) is 0 Å². The first kappa shape index (κ1) is 18.1. The molecule has 9 aliphatic carbocycles. The van der Waals surface area contributed by atoms with Crippen molar-refractivity contribution in [2.75, 3.05) is 7.11 Å². The summed E-state index contributed by atoms with van der Waals surface area (Å²) < 4.78 is 6.53. The lowest BCUT2D eigenvalue weighted by Crippen LogP contribution is -2.44. The lowest BCUT2D eigenvalue weighted by Gasteiger charge is -2.50. The Hall–Kier alpha value is -1.34. The Morgan fingerprint density at radius 3 is 2.03 bits per heavy atom.